The van der Waals surface area contributed by atoms with Crippen LogP contribution >= 0.6 is 0 Å². The van der Waals surface area contributed by atoms with Gasteiger partial charge >= 0.3 is 0 Å². The SMILES string of the molecule is CCCCCCCCCCC[n+]1ccn(Cc2ccccc2)c1CCCC. The molecule has 0 unspecified atom stereocenters. The van der Waals surface area contributed by atoms with Gasteiger partial charge in [0.2, 0.25) is 0 Å². The fourth-order valence-corrected chi connectivity index (χ4v) is 3.84. The molecule has 0 amide bonds. The van der Waals surface area contributed by atoms with Gasteiger partial charge < -0.3 is 0 Å². The molecule has 0 atom stereocenters. The number of nitrogens with zero attached hydrogens (tertiary/aromatic N) is 2. The number of imidazole rings is 1. The van der Waals surface area contributed by atoms with Crippen LogP contribution in [0.4, 0.5) is 0 Å². The minimum atomic E-state index is 0.991. The smallest absolute Gasteiger partial charge is 0.234 e. The highest BCUT2D eigenvalue weighted by Crippen LogP contribution is 2.11. The van der Waals surface area contributed by atoms with Crippen LogP contribution in [0.3, 0.4) is 0 Å². The van der Waals surface area contributed by atoms with Gasteiger partial charge in [-0.2, -0.15) is 0 Å². The molecule has 0 aliphatic heterocycles. The third-order valence-electron chi connectivity index (χ3n) is 5.54. The van der Waals surface area contributed by atoms with Gasteiger partial charge in [-0.1, -0.05) is 95.5 Å². The van der Waals surface area contributed by atoms with Crippen LogP contribution in [0, 0.1) is 0 Å². The van der Waals surface area contributed by atoms with Crippen molar-refractivity contribution in [3.63, 3.8) is 0 Å². The average Bonchev–Trinajstić information content (AvgIpc) is 3.07. The minimum Gasteiger partial charge on any atom is -0.234 e. The maximum absolute atomic E-state index is 2.51. The molecular weight excluding hydrogens is 328 g/mol. The van der Waals surface area contributed by atoms with E-state index in [1.54, 1.807) is 0 Å². The van der Waals surface area contributed by atoms with Crippen LogP contribution < -0.4 is 4.57 Å². The van der Waals surface area contributed by atoms with Gasteiger partial charge in [0.1, 0.15) is 18.9 Å². The lowest BCUT2D eigenvalue weighted by molar-refractivity contribution is -0.704. The van der Waals surface area contributed by atoms with Crippen LogP contribution in [0.1, 0.15) is 95.9 Å². The standard InChI is InChI=1S/C25H41N2/c1-3-5-7-8-9-10-11-12-16-20-26-21-22-27(25(26)19-6-4-2)23-24-17-14-13-15-18-24/h13-15,17-18,21-22H,3-12,16,19-20,23H2,1-2H3/q+1. The second kappa shape index (κ2) is 13.6. The summed E-state index contributed by atoms with van der Waals surface area (Å²) in [4.78, 5) is 0. The molecule has 0 N–H and O–H groups in total. The Bertz CT molecular complexity index is 600. The van der Waals surface area contributed by atoms with Crippen molar-refractivity contribution in [3.8, 4) is 0 Å². The number of rotatable bonds is 15. The monoisotopic (exact) mass is 369 g/mol. The van der Waals surface area contributed by atoms with E-state index in [2.05, 4.69) is 65.7 Å². The predicted octanol–water partition coefficient (Wildman–Crippen LogP) is 6.70. The summed E-state index contributed by atoms with van der Waals surface area (Å²) >= 11 is 0. The second-order valence-corrected chi connectivity index (χ2v) is 7.95. The molecule has 2 aromatic rings. The molecule has 2 nitrogen and oxygen atoms in total. The number of hydrogen-bond donors (Lipinski definition) is 0. The molecule has 0 saturated heterocycles. The Hall–Kier alpha value is -1.57. The summed E-state index contributed by atoms with van der Waals surface area (Å²) in [5.74, 6) is 1.50. The summed E-state index contributed by atoms with van der Waals surface area (Å²) in [6.07, 6.45) is 20.9. The third kappa shape index (κ3) is 8.32. The van der Waals surface area contributed by atoms with Gasteiger partial charge in [-0.25, -0.2) is 9.13 Å². The first-order valence-electron chi connectivity index (χ1n) is 11.5. The second-order valence-electron chi connectivity index (χ2n) is 7.95. The van der Waals surface area contributed by atoms with Gasteiger partial charge in [0.25, 0.3) is 5.82 Å². The van der Waals surface area contributed by atoms with Gasteiger partial charge in [0.15, 0.2) is 0 Å². The topological polar surface area (TPSA) is 8.81 Å². The van der Waals surface area contributed by atoms with E-state index in [1.807, 2.05) is 0 Å². The van der Waals surface area contributed by atoms with E-state index < -0.39 is 0 Å². The molecule has 0 aliphatic carbocycles. The maximum Gasteiger partial charge on any atom is 0.256 e. The molecule has 0 bridgehead atoms. The number of aryl methyl sites for hydroxylation is 1. The highest BCUT2D eigenvalue weighted by Gasteiger charge is 2.16. The van der Waals surface area contributed by atoms with Gasteiger partial charge in [-0.05, 0) is 24.8 Å². The van der Waals surface area contributed by atoms with E-state index in [4.69, 9.17) is 0 Å². The largest absolute Gasteiger partial charge is 0.256 e. The molecule has 0 saturated carbocycles. The van der Waals surface area contributed by atoms with E-state index >= 15 is 0 Å². The van der Waals surface area contributed by atoms with Crippen LogP contribution in [0.25, 0.3) is 0 Å². The Kier molecular flexibility index (Phi) is 10.9. The number of aromatic nitrogens is 2. The fourth-order valence-electron chi connectivity index (χ4n) is 3.84. The number of hydrogen-bond acceptors (Lipinski definition) is 0. The summed E-state index contributed by atoms with van der Waals surface area (Å²) in [5.41, 5.74) is 1.39. The van der Waals surface area contributed by atoms with E-state index in [9.17, 15) is 0 Å². The lowest BCUT2D eigenvalue weighted by Crippen LogP contribution is -2.37. The minimum absolute atomic E-state index is 0.991. The van der Waals surface area contributed by atoms with E-state index in [0.717, 1.165) is 6.54 Å². The first-order valence-corrected chi connectivity index (χ1v) is 11.5. The van der Waals surface area contributed by atoms with Crippen LogP contribution in [0.2, 0.25) is 0 Å². The Morgan fingerprint density at radius 3 is 2.04 bits per heavy atom. The summed E-state index contributed by atoms with van der Waals surface area (Å²) in [7, 11) is 0. The Balaban J connectivity index is 1.78. The summed E-state index contributed by atoms with van der Waals surface area (Å²) in [6.45, 7) is 6.75. The molecule has 0 aliphatic rings. The number of unbranched alkanes of at least 4 members (excludes halogenated alkanes) is 9. The van der Waals surface area contributed by atoms with E-state index in [0.29, 0.717) is 0 Å². The molecule has 1 aromatic carbocycles. The zero-order valence-corrected chi connectivity index (χ0v) is 17.8. The molecule has 2 rings (SSSR count). The van der Waals surface area contributed by atoms with Crippen molar-refractivity contribution in [2.45, 2.75) is 104 Å². The molecule has 0 spiro atoms. The summed E-state index contributed by atoms with van der Waals surface area (Å²) in [6, 6.07) is 10.8. The van der Waals surface area contributed by atoms with Crippen molar-refractivity contribution < 1.29 is 4.57 Å². The first-order chi connectivity index (χ1) is 13.3. The Morgan fingerprint density at radius 2 is 1.37 bits per heavy atom. The fraction of sp³-hybridized carbons (Fsp3) is 0.640. The average molecular weight is 370 g/mol. The molecule has 27 heavy (non-hydrogen) atoms. The van der Waals surface area contributed by atoms with E-state index in [1.165, 1.54) is 95.0 Å². The molecule has 150 valence electrons. The van der Waals surface area contributed by atoms with Crippen molar-refractivity contribution in [1.82, 2.24) is 4.57 Å². The van der Waals surface area contributed by atoms with Gasteiger partial charge in [0.05, 0.1) is 6.54 Å². The van der Waals surface area contributed by atoms with Crippen molar-refractivity contribution in [1.29, 1.82) is 0 Å². The van der Waals surface area contributed by atoms with Crippen molar-refractivity contribution in [2.75, 3.05) is 0 Å². The molecular formula is C25H41N2+. The summed E-state index contributed by atoms with van der Waals surface area (Å²) < 4.78 is 4.97. The Labute approximate surface area is 167 Å². The number of benzene rings is 1. The predicted molar refractivity (Wildman–Crippen MR) is 116 cm³/mol. The van der Waals surface area contributed by atoms with Gasteiger partial charge in [-0.3, -0.25) is 0 Å². The van der Waals surface area contributed by atoms with Crippen molar-refractivity contribution >= 4 is 0 Å². The normalized spacial score (nSPS) is 11.2. The quantitative estimate of drug-likeness (QED) is 0.244. The first kappa shape index (κ1) is 21.7. The maximum atomic E-state index is 2.51. The molecule has 0 radical (unpaired) electrons. The van der Waals surface area contributed by atoms with Gasteiger partial charge in [-0.15, -0.1) is 0 Å². The molecule has 2 heteroatoms. The zero-order chi connectivity index (χ0) is 19.2. The Morgan fingerprint density at radius 1 is 0.741 bits per heavy atom. The third-order valence-corrected chi connectivity index (χ3v) is 5.54. The molecule has 1 heterocycles. The van der Waals surface area contributed by atoms with Crippen molar-refractivity contribution in [3.05, 3.63) is 54.1 Å². The summed E-state index contributed by atoms with van der Waals surface area (Å²) in [5, 5.41) is 0. The van der Waals surface area contributed by atoms with Crippen LogP contribution in [-0.4, -0.2) is 4.57 Å². The lowest BCUT2D eigenvalue weighted by Gasteiger charge is -2.06. The molecule has 0 fully saturated rings. The zero-order valence-electron chi connectivity index (χ0n) is 17.8. The highest BCUT2D eigenvalue weighted by atomic mass is 15.1. The van der Waals surface area contributed by atoms with Crippen molar-refractivity contribution in [2.24, 2.45) is 0 Å². The van der Waals surface area contributed by atoms with Crippen LogP contribution in [0.5, 0.6) is 0 Å². The van der Waals surface area contributed by atoms with Gasteiger partial charge in [0, 0.05) is 6.42 Å². The highest BCUT2D eigenvalue weighted by molar-refractivity contribution is 5.15. The van der Waals surface area contributed by atoms with Crippen LogP contribution in [0.15, 0.2) is 42.7 Å². The van der Waals surface area contributed by atoms with E-state index in [-0.39, 0.29) is 0 Å². The van der Waals surface area contributed by atoms with Crippen LogP contribution in [-0.2, 0) is 19.5 Å². The lowest BCUT2D eigenvalue weighted by atomic mass is 10.1. The molecule has 1 aromatic heterocycles.